The number of nitrogens with one attached hydrogen (secondary N) is 1. The van der Waals surface area contributed by atoms with Crippen molar-refractivity contribution in [1.82, 2.24) is 10.2 Å². The minimum atomic E-state index is -4.30. The fraction of sp³-hybridized carbons (Fsp3) is 0.278. The Hall–Kier alpha value is -4.21. The predicted molar refractivity (Wildman–Crippen MR) is 181 cm³/mol. The number of carbonyl (C=O) groups excluding carboxylic acids is 2. The van der Waals surface area contributed by atoms with Crippen LogP contribution in [0.15, 0.2) is 102 Å². The maximum absolute atomic E-state index is 15.1. The molecular weight excluding hydrogens is 625 g/mol. The van der Waals surface area contributed by atoms with Crippen molar-refractivity contribution in [1.29, 1.82) is 0 Å². The van der Waals surface area contributed by atoms with Gasteiger partial charge in [0.25, 0.3) is 10.0 Å². The largest absolute Gasteiger partial charge is 0.350 e. The molecule has 4 aromatic rings. The zero-order valence-corrected chi connectivity index (χ0v) is 28.2. The van der Waals surface area contributed by atoms with Gasteiger partial charge in [-0.1, -0.05) is 83.9 Å². The molecule has 0 heterocycles. The molecule has 0 saturated carbocycles. The second-order valence-corrected chi connectivity index (χ2v) is 14.5. The quantitative estimate of drug-likeness (QED) is 0.190. The number of nitrogens with zero attached hydrogens (tertiary/aromatic N) is 2. The third kappa shape index (κ3) is 8.53. The Morgan fingerprint density at radius 3 is 2.13 bits per heavy atom. The summed E-state index contributed by atoms with van der Waals surface area (Å²) in [5.74, 6) is -1.69. The molecule has 0 aliphatic rings. The Labute approximate surface area is 276 Å². The molecule has 0 aromatic heterocycles. The molecule has 0 spiro atoms. The van der Waals surface area contributed by atoms with Gasteiger partial charge in [-0.15, -0.1) is 0 Å². The van der Waals surface area contributed by atoms with Crippen LogP contribution in [0.4, 0.5) is 10.1 Å². The summed E-state index contributed by atoms with van der Waals surface area (Å²) in [7, 11) is -4.30. The highest BCUT2D eigenvalue weighted by molar-refractivity contribution is 7.92. The van der Waals surface area contributed by atoms with Gasteiger partial charge in [0.2, 0.25) is 11.8 Å². The van der Waals surface area contributed by atoms with E-state index in [1.165, 1.54) is 29.2 Å². The maximum atomic E-state index is 15.1. The first kappa shape index (κ1) is 34.7. The molecular formula is C36H39ClFN3O4S. The molecule has 1 N–H and O–H groups in total. The van der Waals surface area contributed by atoms with Gasteiger partial charge in [0, 0.05) is 29.1 Å². The molecule has 0 fully saturated rings. The van der Waals surface area contributed by atoms with Crippen LogP contribution < -0.4 is 9.62 Å². The molecule has 0 aliphatic carbocycles. The molecule has 4 rings (SSSR count). The maximum Gasteiger partial charge on any atom is 0.264 e. The number of amides is 2. The number of hydrogen-bond donors (Lipinski definition) is 1. The highest BCUT2D eigenvalue weighted by atomic mass is 35.5. The van der Waals surface area contributed by atoms with E-state index in [1.54, 1.807) is 49.4 Å². The van der Waals surface area contributed by atoms with Crippen molar-refractivity contribution >= 4 is 39.1 Å². The second kappa shape index (κ2) is 14.5. The zero-order chi connectivity index (χ0) is 33.6. The van der Waals surface area contributed by atoms with Crippen LogP contribution >= 0.6 is 11.6 Å². The van der Waals surface area contributed by atoms with Crippen LogP contribution in [0.25, 0.3) is 0 Å². The summed E-state index contributed by atoms with van der Waals surface area (Å²) in [6.45, 7) is 8.05. The molecule has 4 aromatic carbocycles. The number of benzene rings is 4. The van der Waals surface area contributed by atoms with Gasteiger partial charge in [-0.05, 0) is 76.1 Å². The van der Waals surface area contributed by atoms with Crippen LogP contribution in [0.1, 0.15) is 43.0 Å². The molecule has 1 unspecified atom stereocenters. The number of rotatable bonds is 11. The average molecular weight is 664 g/mol. The lowest BCUT2D eigenvalue weighted by molar-refractivity contribution is -0.140. The number of sulfonamides is 1. The molecule has 0 saturated heterocycles. The molecule has 0 radical (unpaired) electrons. The molecule has 7 nitrogen and oxygen atoms in total. The first-order valence-electron chi connectivity index (χ1n) is 14.9. The van der Waals surface area contributed by atoms with Crippen LogP contribution in [0.2, 0.25) is 5.02 Å². The second-order valence-electron chi connectivity index (χ2n) is 12.3. The monoisotopic (exact) mass is 663 g/mol. The van der Waals surface area contributed by atoms with Crippen molar-refractivity contribution in [2.24, 2.45) is 0 Å². The Morgan fingerprint density at radius 1 is 0.870 bits per heavy atom. The number of aryl methyl sites for hydroxylation is 1. The van der Waals surface area contributed by atoms with Crippen LogP contribution in [0, 0.1) is 19.7 Å². The standard InChI is InChI=1S/C36H39ClFN3O4S/c1-25-18-20-29(21-19-25)46(44,45)41(32-17-11-15-30(37)26(32)2)24-34(42)40(23-28-14-9-10-16-31(28)38)33(35(43)39-36(3,4)5)22-27-12-7-6-8-13-27/h6-21,33H,22-24H2,1-5H3,(H,39,43). The zero-order valence-electron chi connectivity index (χ0n) is 26.6. The van der Waals surface area contributed by atoms with E-state index in [2.05, 4.69) is 5.32 Å². The average Bonchev–Trinajstić information content (AvgIpc) is 3.00. The molecule has 0 bridgehead atoms. The third-order valence-corrected chi connectivity index (χ3v) is 9.65. The first-order valence-corrected chi connectivity index (χ1v) is 16.7. The highest BCUT2D eigenvalue weighted by Crippen LogP contribution is 2.31. The summed E-state index contributed by atoms with van der Waals surface area (Å²) in [5, 5.41) is 3.29. The van der Waals surface area contributed by atoms with Crippen molar-refractivity contribution in [3.8, 4) is 0 Å². The smallest absolute Gasteiger partial charge is 0.264 e. The van der Waals surface area contributed by atoms with Crippen molar-refractivity contribution in [3.05, 3.63) is 130 Å². The van der Waals surface area contributed by atoms with Crippen LogP contribution in [0.5, 0.6) is 0 Å². The molecule has 1 atom stereocenters. The lowest BCUT2D eigenvalue weighted by Crippen LogP contribution is -2.56. The lowest BCUT2D eigenvalue weighted by Gasteiger charge is -2.35. The van der Waals surface area contributed by atoms with E-state index in [0.29, 0.717) is 10.6 Å². The fourth-order valence-corrected chi connectivity index (χ4v) is 6.68. The van der Waals surface area contributed by atoms with Crippen LogP contribution in [-0.2, 0) is 32.6 Å². The summed E-state index contributed by atoms with van der Waals surface area (Å²) >= 11 is 6.43. The van der Waals surface area contributed by atoms with Gasteiger partial charge in [0.15, 0.2) is 0 Å². The van der Waals surface area contributed by atoms with Gasteiger partial charge in [0.05, 0.1) is 10.6 Å². The highest BCUT2D eigenvalue weighted by Gasteiger charge is 2.36. The van der Waals surface area contributed by atoms with Crippen molar-refractivity contribution in [3.63, 3.8) is 0 Å². The van der Waals surface area contributed by atoms with Gasteiger partial charge >= 0.3 is 0 Å². The number of carbonyl (C=O) groups is 2. The Morgan fingerprint density at radius 2 is 1.50 bits per heavy atom. The Bertz CT molecular complexity index is 1790. The SMILES string of the molecule is Cc1ccc(S(=O)(=O)N(CC(=O)N(Cc2ccccc2F)C(Cc2ccccc2)C(=O)NC(C)(C)C)c2cccc(Cl)c2C)cc1. The third-order valence-electron chi connectivity index (χ3n) is 7.46. The number of anilines is 1. The van der Waals surface area contributed by atoms with Crippen molar-refractivity contribution in [2.45, 2.75) is 64.1 Å². The van der Waals surface area contributed by atoms with Gasteiger partial charge in [-0.2, -0.15) is 0 Å². The summed E-state index contributed by atoms with van der Waals surface area (Å²) in [5.41, 5.74) is 1.86. The molecule has 0 aliphatic heterocycles. The van der Waals surface area contributed by atoms with E-state index >= 15 is 4.39 Å². The van der Waals surface area contributed by atoms with Crippen LogP contribution in [-0.4, -0.2) is 43.3 Å². The van der Waals surface area contributed by atoms with E-state index in [9.17, 15) is 18.0 Å². The van der Waals surface area contributed by atoms with E-state index in [-0.39, 0.29) is 29.1 Å². The predicted octanol–water partition coefficient (Wildman–Crippen LogP) is 6.85. The van der Waals surface area contributed by atoms with E-state index in [0.717, 1.165) is 15.4 Å². The topological polar surface area (TPSA) is 86.8 Å². The van der Waals surface area contributed by atoms with Crippen molar-refractivity contribution in [2.75, 3.05) is 10.8 Å². The molecule has 242 valence electrons. The van der Waals surface area contributed by atoms with Gasteiger partial charge < -0.3 is 10.2 Å². The minimum absolute atomic E-state index is 0.0164. The summed E-state index contributed by atoms with van der Waals surface area (Å²) < 4.78 is 44.6. The number of hydrogen-bond acceptors (Lipinski definition) is 4. The molecule has 10 heteroatoms. The summed E-state index contributed by atoms with van der Waals surface area (Å²) in [6, 6.07) is 25.2. The minimum Gasteiger partial charge on any atom is -0.350 e. The summed E-state index contributed by atoms with van der Waals surface area (Å²) in [4.78, 5) is 29.7. The van der Waals surface area contributed by atoms with Crippen molar-refractivity contribution < 1.29 is 22.4 Å². The Kier molecular flexibility index (Phi) is 10.9. The van der Waals surface area contributed by atoms with Crippen LogP contribution in [0.3, 0.4) is 0 Å². The van der Waals surface area contributed by atoms with Gasteiger partial charge in [-0.25, -0.2) is 12.8 Å². The van der Waals surface area contributed by atoms with E-state index in [1.807, 2.05) is 58.0 Å². The molecule has 46 heavy (non-hydrogen) atoms. The lowest BCUT2D eigenvalue weighted by atomic mass is 10.0. The normalized spacial score (nSPS) is 12.3. The van der Waals surface area contributed by atoms with Gasteiger partial charge in [0.1, 0.15) is 18.4 Å². The fourth-order valence-electron chi connectivity index (χ4n) is 5.03. The van der Waals surface area contributed by atoms with E-state index < -0.39 is 45.8 Å². The molecule has 2 amide bonds. The van der Waals surface area contributed by atoms with Gasteiger partial charge in [-0.3, -0.25) is 13.9 Å². The van der Waals surface area contributed by atoms with E-state index in [4.69, 9.17) is 11.6 Å². The first-order chi connectivity index (χ1) is 21.7. The summed E-state index contributed by atoms with van der Waals surface area (Å²) in [6.07, 6.45) is 0.115. The number of halogens is 2. The Balaban J connectivity index is 1.86.